The number of carbonyl (C=O) groups is 1. The Bertz CT molecular complexity index is 745. The van der Waals surface area contributed by atoms with Gasteiger partial charge in [0.05, 0.1) is 12.7 Å². The average molecular weight is 297 g/mol. The number of anilines is 1. The van der Waals surface area contributed by atoms with Crippen molar-refractivity contribution in [3.63, 3.8) is 0 Å². The molecule has 22 heavy (non-hydrogen) atoms. The number of hydrogen-bond acceptors (Lipinski definition) is 5. The molecule has 0 saturated heterocycles. The molecule has 0 unspecified atom stereocenters. The third-order valence-electron chi connectivity index (χ3n) is 3.22. The smallest absolute Gasteiger partial charge is 0.322 e. The molecule has 0 bridgehead atoms. The number of nitrogens with zero attached hydrogens (tertiary/aromatic N) is 2. The van der Waals surface area contributed by atoms with Gasteiger partial charge in [-0.15, -0.1) is 5.10 Å². The lowest BCUT2D eigenvalue weighted by atomic mass is 10.1. The van der Waals surface area contributed by atoms with Crippen LogP contribution < -0.4 is 5.32 Å². The summed E-state index contributed by atoms with van der Waals surface area (Å²) in [7, 11) is 0. The van der Waals surface area contributed by atoms with Gasteiger partial charge in [0.1, 0.15) is 0 Å². The molecule has 0 saturated carbocycles. The lowest BCUT2D eigenvalue weighted by molar-refractivity contribution is 0.0993. The minimum atomic E-state index is -0.424. The molecule has 6 nitrogen and oxygen atoms in total. The Labute approximate surface area is 127 Å². The second kappa shape index (κ2) is 6.26. The molecule has 0 aliphatic rings. The van der Waals surface area contributed by atoms with Crippen molar-refractivity contribution in [1.29, 1.82) is 0 Å². The lowest BCUT2D eigenvalue weighted by Crippen LogP contribution is -2.10. The number of furan rings is 1. The van der Waals surface area contributed by atoms with Crippen LogP contribution in [0.5, 0.6) is 0 Å². The number of hydrogen-bond donors (Lipinski definition) is 1. The van der Waals surface area contributed by atoms with Crippen molar-refractivity contribution in [2.75, 3.05) is 5.32 Å². The monoisotopic (exact) mass is 297 g/mol. The highest BCUT2D eigenvalue weighted by molar-refractivity contribution is 6.00. The van der Waals surface area contributed by atoms with Crippen LogP contribution in [0.1, 0.15) is 34.5 Å². The predicted molar refractivity (Wildman–Crippen MR) is 79.6 cm³/mol. The zero-order valence-electron chi connectivity index (χ0n) is 12.1. The molecule has 3 aromatic rings. The first-order valence-corrected chi connectivity index (χ1v) is 6.99. The highest BCUT2D eigenvalue weighted by atomic mass is 16.4. The van der Waals surface area contributed by atoms with Crippen LogP contribution >= 0.6 is 0 Å². The van der Waals surface area contributed by atoms with Crippen molar-refractivity contribution in [3.05, 3.63) is 65.4 Å². The summed E-state index contributed by atoms with van der Waals surface area (Å²) < 4.78 is 10.4. The molecule has 3 rings (SSSR count). The summed E-state index contributed by atoms with van der Waals surface area (Å²) in [6.07, 6.45) is 2.95. The maximum absolute atomic E-state index is 11.8. The van der Waals surface area contributed by atoms with E-state index in [9.17, 15) is 4.79 Å². The normalized spacial score (nSPS) is 10.6. The minimum Gasteiger partial charge on any atom is -0.459 e. The van der Waals surface area contributed by atoms with Gasteiger partial charge < -0.3 is 8.83 Å². The Balaban J connectivity index is 1.64. The summed E-state index contributed by atoms with van der Waals surface area (Å²) in [5.74, 6) is 0.210. The van der Waals surface area contributed by atoms with Crippen molar-refractivity contribution in [3.8, 4) is 0 Å². The number of carbonyl (C=O) groups excluding carboxylic acids is 1. The first-order chi connectivity index (χ1) is 10.7. The molecule has 0 fully saturated rings. The Morgan fingerprint density at radius 1 is 1.14 bits per heavy atom. The fourth-order valence-corrected chi connectivity index (χ4v) is 2.01. The minimum absolute atomic E-state index is 0.0570. The highest BCUT2D eigenvalue weighted by Crippen LogP contribution is 2.13. The molecule has 1 amide bonds. The number of aryl methyl sites for hydroxylation is 1. The van der Waals surface area contributed by atoms with Crippen LogP contribution in [-0.4, -0.2) is 16.1 Å². The molecule has 1 N–H and O–H groups in total. The third-order valence-corrected chi connectivity index (χ3v) is 3.22. The zero-order valence-corrected chi connectivity index (χ0v) is 12.1. The Hall–Kier alpha value is -2.89. The van der Waals surface area contributed by atoms with Gasteiger partial charge in [0.25, 0.3) is 5.91 Å². The third kappa shape index (κ3) is 3.22. The van der Waals surface area contributed by atoms with Crippen LogP contribution in [0.4, 0.5) is 6.01 Å². The molecule has 0 aliphatic carbocycles. The van der Waals surface area contributed by atoms with Gasteiger partial charge in [-0.05, 0) is 29.7 Å². The molecule has 0 radical (unpaired) electrons. The number of amides is 1. The fourth-order valence-electron chi connectivity index (χ4n) is 2.01. The van der Waals surface area contributed by atoms with Gasteiger partial charge in [-0.1, -0.05) is 36.3 Å². The number of nitrogens with one attached hydrogen (secondary N) is 1. The van der Waals surface area contributed by atoms with Crippen molar-refractivity contribution in [2.24, 2.45) is 0 Å². The van der Waals surface area contributed by atoms with Gasteiger partial charge in [0.2, 0.25) is 5.89 Å². The van der Waals surface area contributed by atoms with Gasteiger partial charge in [-0.25, -0.2) is 0 Å². The molecule has 1 aromatic carbocycles. The molecule has 2 aromatic heterocycles. The standard InChI is InChI=1S/C16H15N3O3/c1-2-11-5-7-12(8-6-11)10-14-18-19-16(22-14)17-15(20)13-4-3-9-21-13/h3-9H,2,10H2,1H3,(H,17,19,20). The second-order valence-electron chi connectivity index (χ2n) is 4.78. The zero-order chi connectivity index (χ0) is 15.4. The summed E-state index contributed by atoms with van der Waals surface area (Å²) in [5, 5.41) is 10.2. The van der Waals surface area contributed by atoms with Crippen LogP contribution in [0.25, 0.3) is 0 Å². The molecule has 112 valence electrons. The Kier molecular flexibility index (Phi) is 4.00. The van der Waals surface area contributed by atoms with E-state index in [4.69, 9.17) is 8.83 Å². The Morgan fingerprint density at radius 3 is 2.59 bits per heavy atom. The molecule has 2 heterocycles. The van der Waals surface area contributed by atoms with Crippen molar-refractivity contribution in [2.45, 2.75) is 19.8 Å². The van der Waals surface area contributed by atoms with E-state index in [0.717, 1.165) is 12.0 Å². The maximum Gasteiger partial charge on any atom is 0.322 e. The molecule has 0 aliphatic heterocycles. The van der Waals surface area contributed by atoms with Crippen LogP contribution in [0.2, 0.25) is 0 Å². The van der Waals surface area contributed by atoms with Gasteiger partial charge in [-0.3, -0.25) is 10.1 Å². The lowest BCUT2D eigenvalue weighted by Gasteiger charge is -1.99. The van der Waals surface area contributed by atoms with E-state index in [1.54, 1.807) is 12.1 Å². The van der Waals surface area contributed by atoms with Gasteiger partial charge in [0.15, 0.2) is 5.76 Å². The predicted octanol–water partition coefficient (Wildman–Crippen LogP) is 3.07. The molecular weight excluding hydrogens is 282 g/mol. The number of rotatable bonds is 5. The van der Waals surface area contributed by atoms with E-state index in [-0.39, 0.29) is 11.8 Å². The first kappa shape index (κ1) is 14.1. The largest absolute Gasteiger partial charge is 0.459 e. The summed E-state index contributed by atoms with van der Waals surface area (Å²) >= 11 is 0. The topological polar surface area (TPSA) is 81.2 Å². The molecule has 6 heteroatoms. The van der Waals surface area contributed by atoms with Crippen LogP contribution in [-0.2, 0) is 12.8 Å². The van der Waals surface area contributed by atoms with Gasteiger partial charge >= 0.3 is 6.01 Å². The van der Waals surface area contributed by atoms with E-state index in [1.165, 1.54) is 11.8 Å². The van der Waals surface area contributed by atoms with E-state index >= 15 is 0 Å². The fraction of sp³-hybridized carbons (Fsp3) is 0.188. The average Bonchev–Trinajstić information content (AvgIpc) is 3.20. The molecular formula is C16H15N3O3. The van der Waals surface area contributed by atoms with E-state index in [1.807, 2.05) is 12.1 Å². The van der Waals surface area contributed by atoms with Crippen molar-refractivity contribution < 1.29 is 13.6 Å². The van der Waals surface area contributed by atoms with E-state index < -0.39 is 5.91 Å². The van der Waals surface area contributed by atoms with E-state index in [0.29, 0.717) is 12.3 Å². The maximum atomic E-state index is 11.8. The van der Waals surface area contributed by atoms with Gasteiger partial charge in [-0.2, -0.15) is 0 Å². The van der Waals surface area contributed by atoms with E-state index in [2.05, 4.69) is 34.6 Å². The van der Waals surface area contributed by atoms with Crippen LogP contribution in [0.3, 0.4) is 0 Å². The van der Waals surface area contributed by atoms with Crippen LogP contribution in [0, 0.1) is 0 Å². The van der Waals surface area contributed by atoms with Gasteiger partial charge in [0, 0.05) is 0 Å². The first-order valence-electron chi connectivity index (χ1n) is 6.99. The molecule has 0 atom stereocenters. The summed E-state index contributed by atoms with van der Waals surface area (Å²) in [5.41, 5.74) is 2.35. The van der Waals surface area contributed by atoms with Crippen LogP contribution in [0.15, 0.2) is 51.5 Å². The quantitative estimate of drug-likeness (QED) is 0.782. The molecule has 0 spiro atoms. The summed E-state index contributed by atoms with van der Waals surface area (Å²) in [6.45, 7) is 2.11. The van der Waals surface area contributed by atoms with Crippen molar-refractivity contribution in [1.82, 2.24) is 10.2 Å². The summed E-state index contributed by atoms with van der Waals surface area (Å²) in [6, 6.07) is 11.5. The second-order valence-corrected chi connectivity index (χ2v) is 4.78. The Morgan fingerprint density at radius 2 is 1.91 bits per heavy atom. The SMILES string of the molecule is CCc1ccc(Cc2nnc(NC(=O)c3ccco3)o2)cc1. The summed E-state index contributed by atoms with van der Waals surface area (Å²) in [4.78, 5) is 11.8. The highest BCUT2D eigenvalue weighted by Gasteiger charge is 2.13. The van der Waals surface area contributed by atoms with Crippen molar-refractivity contribution >= 4 is 11.9 Å². The number of benzene rings is 1. The number of aromatic nitrogens is 2.